The summed E-state index contributed by atoms with van der Waals surface area (Å²) in [4.78, 5) is 27.2. The fourth-order valence-corrected chi connectivity index (χ4v) is 2.44. The van der Waals surface area contributed by atoms with Crippen LogP contribution in [0.2, 0.25) is 0 Å². The number of ether oxygens (including phenoxy) is 1. The summed E-state index contributed by atoms with van der Waals surface area (Å²) in [6, 6.07) is 0.329. The van der Waals surface area contributed by atoms with Crippen LogP contribution in [0.1, 0.15) is 41.0 Å². The molecule has 0 saturated carbocycles. The highest BCUT2D eigenvalue weighted by molar-refractivity contribution is 5.73. The zero-order valence-electron chi connectivity index (χ0n) is 13.9. The van der Waals surface area contributed by atoms with Gasteiger partial charge in [-0.15, -0.1) is 0 Å². The van der Waals surface area contributed by atoms with Crippen molar-refractivity contribution in [3.05, 3.63) is 0 Å². The Bertz CT molecular complexity index is 390. The molecule has 1 aliphatic heterocycles. The van der Waals surface area contributed by atoms with E-state index in [9.17, 15) is 14.7 Å². The van der Waals surface area contributed by atoms with Crippen molar-refractivity contribution in [1.82, 2.24) is 9.80 Å². The van der Waals surface area contributed by atoms with Gasteiger partial charge in [0.25, 0.3) is 0 Å². The third-order valence-electron chi connectivity index (χ3n) is 3.82. The number of likely N-dealkylation sites (N-methyl/N-ethyl adjacent to an activating group) is 1. The Balaban J connectivity index is 2.84. The molecule has 6 heteroatoms. The molecule has 122 valence electrons. The Morgan fingerprint density at radius 2 is 1.86 bits per heavy atom. The minimum absolute atomic E-state index is 0.0346. The Morgan fingerprint density at radius 3 is 2.29 bits per heavy atom. The van der Waals surface area contributed by atoms with Crippen LogP contribution in [0.5, 0.6) is 0 Å². The van der Waals surface area contributed by atoms with Gasteiger partial charge in [0, 0.05) is 25.2 Å². The lowest BCUT2D eigenvalue weighted by atomic mass is 9.93. The van der Waals surface area contributed by atoms with Crippen molar-refractivity contribution in [3.8, 4) is 0 Å². The van der Waals surface area contributed by atoms with E-state index in [-0.39, 0.29) is 12.6 Å². The molecule has 1 amide bonds. The van der Waals surface area contributed by atoms with Crippen molar-refractivity contribution in [2.75, 3.05) is 20.1 Å². The van der Waals surface area contributed by atoms with Gasteiger partial charge in [-0.05, 0) is 48.1 Å². The molecule has 0 aromatic heterocycles. The molecule has 1 N–H and O–H groups in total. The normalized spacial score (nSPS) is 23.5. The van der Waals surface area contributed by atoms with E-state index in [2.05, 4.69) is 18.7 Å². The largest absolute Gasteiger partial charge is 0.481 e. The molecule has 0 bridgehead atoms. The molecule has 2 atom stereocenters. The number of piperidine rings is 1. The zero-order chi connectivity index (χ0) is 16.4. The summed E-state index contributed by atoms with van der Waals surface area (Å²) < 4.78 is 5.37. The molecular weight excluding hydrogens is 272 g/mol. The number of carbonyl (C=O) groups is 2. The summed E-state index contributed by atoms with van der Waals surface area (Å²) in [5.74, 6) is -1.40. The van der Waals surface area contributed by atoms with Gasteiger partial charge in [-0.25, -0.2) is 4.79 Å². The molecule has 1 heterocycles. The maximum Gasteiger partial charge on any atom is 0.410 e. The van der Waals surface area contributed by atoms with Gasteiger partial charge in [0.05, 0.1) is 5.92 Å². The molecule has 0 aromatic carbocycles. The van der Waals surface area contributed by atoms with E-state index in [4.69, 9.17) is 4.74 Å². The molecular formula is C15H28N2O4. The first kappa shape index (κ1) is 17.8. The molecule has 0 radical (unpaired) electrons. The van der Waals surface area contributed by atoms with Crippen LogP contribution in [0.15, 0.2) is 0 Å². The number of hydrogen-bond donors (Lipinski definition) is 1. The van der Waals surface area contributed by atoms with E-state index in [0.717, 1.165) is 0 Å². The molecule has 1 rings (SSSR count). The highest BCUT2D eigenvalue weighted by Crippen LogP contribution is 2.23. The Labute approximate surface area is 127 Å². The fraction of sp³-hybridized carbons (Fsp3) is 0.867. The lowest BCUT2D eigenvalue weighted by Gasteiger charge is -2.41. The third-order valence-corrected chi connectivity index (χ3v) is 3.82. The van der Waals surface area contributed by atoms with Gasteiger partial charge in [-0.3, -0.25) is 9.69 Å². The summed E-state index contributed by atoms with van der Waals surface area (Å²) in [5, 5.41) is 9.31. The van der Waals surface area contributed by atoms with Gasteiger partial charge in [-0.1, -0.05) is 0 Å². The summed E-state index contributed by atoms with van der Waals surface area (Å²) in [6.07, 6.45) is 0.124. The van der Waals surface area contributed by atoms with Crippen molar-refractivity contribution >= 4 is 12.1 Å². The van der Waals surface area contributed by atoms with Gasteiger partial charge in [0.15, 0.2) is 0 Å². The maximum atomic E-state index is 12.2. The first-order valence-electron chi connectivity index (χ1n) is 7.44. The summed E-state index contributed by atoms with van der Waals surface area (Å²) in [6.45, 7) is 10.3. The second kappa shape index (κ2) is 6.64. The Kier molecular flexibility index (Phi) is 5.61. The van der Waals surface area contributed by atoms with Crippen LogP contribution >= 0.6 is 0 Å². The minimum atomic E-state index is -0.856. The van der Waals surface area contributed by atoms with Gasteiger partial charge >= 0.3 is 12.1 Å². The van der Waals surface area contributed by atoms with E-state index < -0.39 is 23.6 Å². The third kappa shape index (κ3) is 5.19. The summed E-state index contributed by atoms with van der Waals surface area (Å²) in [5.41, 5.74) is -0.577. The van der Waals surface area contributed by atoms with Crippen molar-refractivity contribution in [2.24, 2.45) is 5.92 Å². The molecule has 1 fully saturated rings. The predicted octanol–water partition coefficient (Wildman–Crippen LogP) is 2.04. The lowest BCUT2D eigenvalue weighted by Crippen LogP contribution is -2.55. The second-order valence-electron chi connectivity index (χ2n) is 7.07. The lowest BCUT2D eigenvalue weighted by molar-refractivity contribution is -0.144. The number of amides is 1. The molecule has 0 aliphatic carbocycles. The van der Waals surface area contributed by atoms with Crippen molar-refractivity contribution < 1.29 is 19.4 Å². The van der Waals surface area contributed by atoms with Crippen LogP contribution in [-0.2, 0) is 9.53 Å². The quantitative estimate of drug-likeness (QED) is 0.863. The molecule has 21 heavy (non-hydrogen) atoms. The van der Waals surface area contributed by atoms with Crippen LogP contribution in [0.3, 0.4) is 0 Å². The number of aliphatic carboxylic acids is 1. The van der Waals surface area contributed by atoms with Gasteiger partial charge < -0.3 is 14.7 Å². The minimum Gasteiger partial charge on any atom is -0.481 e. The number of likely N-dealkylation sites (tertiary alicyclic amines) is 1. The van der Waals surface area contributed by atoms with Crippen LogP contribution in [0.25, 0.3) is 0 Å². The van der Waals surface area contributed by atoms with Crippen LogP contribution in [-0.4, -0.2) is 64.8 Å². The highest BCUT2D eigenvalue weighted by Gasteiger charge is 2.37. The van der Waals surface area contributed by atoms with E-state index in [0.29, 0.717) is 19.0 Å². The Morgan fingerprint density at radius 1 is 1.29 bits per heavy atom. The van der Waals surface area contributed by atoms with Gasteiger partial charge in [0.1, 0.15) is 5.60 Å². The van der Waals surface area contributed by atoms with E-state index in [1.807, 2.05) is 7.05 Å². The van der Waals surface area contributed by atoms with E-state index in [1.54, 1.807) is 20.8 Å². The van der Waals surface area contributed by atoms with Gasteiger partial charge in [-0.2, -0.15) is 0 Å². The summed E-state index contributed by atoms with van der Waals surface area (Å²) in [7, 11) is 1.97. The molecule has 1 saturated heterocycles. The van der Waals surface area contributed by atoms with E-state index >= 15 is 0 Å². The maximum absolute atomic E-state index is 12.2. The predicted molar refractivity (Wildman–Crippen MR) is 80.2 cm³/mol. The van der Waals surface area contributed by atoms with Crippen LogP contribution in [0.4, 0.5) is 4.79 Å². The number of carboxylic acid groups (broad SMARTS) is 1. The zero-order valence-corrected chi connectivity index (χ0v) is 13.9. The molecule has 1 aliphatic rings. The van der Waals surface area contributed by atoms with Crippen LogP contribution < -0.4 is 0 Å². The number of nitrogens with zero attached hydrogens (tertiary/aromatic N) is 2. The first-order valence-corrected chi connectivity index (χ1v) is 7.44. The Hall–Kier alpha value is -1.30. The fourth-order valence-electron chi connectivity index (χ4n) is 2.44. The number of rotatable bonds is 3. The standard InChI is InChI=1S/C15H28N2O4/c1-10(2)16(6)12-7-11(13(18)19)8-17(9-12)14(20)21-15(3,4)5/h10-12H,7-9H2,1-6H3,(H,18,19)/t11-,12+/m1/s1. The topological polar surface area (TPSA) is 70.1 Å². The number of carbonyl (C=O) groups excluding carboxylic acids is 1. The molecule has 6 nitrogen and oxygen atoms in total. The average molecular weight is 300 g/mol. The molecule has 0 aromatic rings. The van der Waals surface area contributed by atoms with E-state index in [1.165, 1.54) is 4.90 Å². The molecule has 0 unspecified atom stereocenters. The summed E-state index contributed by atoms with van der Waals surface area (Å²) >= 11 is 0. The SMILES string of the molecule is CC(C)N(C)[C@H]1C[C@@H](C(=O)O)CN(C(=O)OC(C)(C)C)C1. The van der Waals surface area contributed by atoms with Crippen LogP contribution in [0, 0.1) is 5.92 Å². The average Bonchev–Trinajstić information content (AvgIpc) is 2.35. The number of carboxylic acids is 1. The van der Waals surface area contributed by atoms with Crippen molar-refractivity contribution in [1.29, 1.82) is 0 Å². The van der Waals surface area contributed by atoms with Crippen molar-refractivity contribution in [2.45, 2.75) is 58.7 Å². The number of hydrogen-bond acceptors (Lipinski definition) is 4. The van der Waals surface area contributed by atoms with Crippen molar-refractivity contribution in [3.63, 3.8) is 0 Å². The smallest absolute Gasteiger partial charge is 0.410 e. The monoisotopic (exact) mass is 300 g/mol. The highest BCUT2D eigenvalue weighted by atomic mass is 16.6. The van der Waals surface area contributed by atoms with Gasteiger partial charge in [0.2, 0.25) is 0 Å². The second-order valence-corrected chi connectivity index (χ2v) is 7.07. The molecule has 0 spiro atoms. The first-order chi connectivity index (χ1) is 9.51.